The predicted octanol–water partition coefficient (Wildman–Crippen LogP) is 3.99. The standard InChI is InChI=1S/C25H22O7/c1-2-11-29-17-8-9-18(24(27)16-7-10-22-23(12-16)32-15-31-22)20(13-17)25(28)19-5-3-4-6-21(19)30-14-26/h3-10,12-13,26H,2,11,14-15H2,1H3. The summed E-state index contributed by atoms with van der Waals surface area (Å²) in [4.78, 5) is 26.9. The van der Waals surface area contributed by atoms with Crippen LogP contribution < -0.4 is 18.9 Å². The molecule has 0 aromatic heterocycles. The van der Waals surface area contributed by atoms with Crippen molar-refractivity contribution in [2.45, 2.75) is 13.3 Å². The number of rotatable bonds is 9. The Labute approximate surface area is 185 Å². The van der Waals surface area contributed by atoms with Gasteiger partial charge in [-0.05, 0) is 55.0 Å². The number of para-hydroxylation sites is 1. The molecule has 7 heteroatoms. The summed E-state index contributed by atoms with van der Waals surface area (Å²) in [6, 6.07) is 16.3. The van der Waals surface area contributed by atoms with Crippen LogP contribution in [0.25, 0.3) is 0 Å². The van der Waals surface area contributed by atoms with E-state index in [0.29, 0.717) is 29.4 Å². The van der Waals surface area contributed by atoms with Crippen molar-refractivity contribution in [3.8, 4) is 23.0 Å². The lowest BCUT2D eigenvalue weighted by Crippen LogP contribution is -2.13. The van der Waals surface area contributed by atoms with Crippen molar-refractivity contribution < 1.29 is 33.6 Å². The van der Waals surface area contributed by atoms with Gasteiger partial charge in [0.05, 0.1) is 12.2 Å². The molecule has 4 rings (SSSR count). The van der Waals surface area contributed by atoms with E-state index >= 15 is 0 Å². The maximum Gasteiger partial charge on any atom is 0.231 e. The second-order valence-corrected chi connectivity index (χ2v) is 7.05. The van der Waals surface area contributed by atoms with E-state index in [1.807, 2.05) is 6.92 Å². The van der Waals surface area contributed by atoms with E-state index in [4.69, 9.17) is 18.9 Å². The van der Waals surface area contributed by atoms with Gasteiger partial charge in [0.25, 0.3) is 0 Å². The lowest BCUT2D eigenvalue weighted by atomic mass is 9.92. The first-order chi connectivity index (χ1) is 15.6. The number of ether oxygens (including phenoxy) is 4. The van der Waals surface area contributed by atoms with Gasteiger partial charge in [-0.2, -0.15) is 0 Å². The molecule has 32 heavy (non-hydrogen) atoms. The number of benzene rings is 3. The van der Waals surface area contributed by atoms with Gasteiger partial charge in [0.1, 0.15) is 11.5 Å². The monoisotopic (exact) mass is 434 g/mol. The van der Waals surface area contributed by atoms with Crippen molar-refractivity contribution in [2.75, 3.05) is 20.2 Å². The molecule has 164 valence electrons. The molecular weight excluding hydrogens is 412 g/mol. The number of carbonyl (C=O) groups excluding carboxylic acids is 2. The number of aliphatic hydroxyl groups is 1. The number of fused-ring (bicyclic) bond motifs is 1. The van der Waals surface area contributed by atoms with E-state index in [1.54, 1.807) is 60.7 Å². The van der Waals surface area contributed by atoms with Crippen LogP contribution >= 0.6 is 0 Å². The van der Waals surface area contributed by atoms with Crippen molar-refractivity contribution in [2.24, 2.45) is 0 Å². The van der Waals surface area contributed by atoms with Crippen LogP contribution in [0, 0.1) is 0 Å². The summed E-state index contributed by atoms with van der Waals surface area (Å²) in [7, 11) is 0. The van der Waals surface area contributed by atoms with Gasteiger partial charge in [-0.25, -0.2) is 0 Å². The average molecular weight is 434 g/mol. The number of carbonyl (C=O) groups is 2. The normalized spacial score (nSPS) is 11.8. The second kappa shape index (κ2) is 9.53. The van der Waals surface area contributed by atoms with Crippen molar-refractivity contribution in [1.82, 2.24) is 0 Å². The summed E-state index contributed by atoms with van der Waals surface area (Å²) in [5, 5.41) is 9.18. The highest BCUT2D eigenvalue weighted by Gasteiger charge is 2.24. The molecule has 7 nitrogen and oxygen atoms in total. The molecule has 1 N–H and O–H groups in total. The molecule has 1 aliphatic heterocycles. The quantitative estimate of drug-likeness (QED) is 0.402. The summed E-state index contributed by atoms with van der Waals surface area (Å²) in [5.41, 5.74) is 0.992. The molecule has 0 spiro atoms. The highest BCUT2D eigenvalue weighted by Crippen LogP contribution is 2.34. The molecule has 0 saturated carbocycles. The third-order valence-corrected chi connectivity index (χ3v) is 4.94. The fraction of sp³-hybridized carbons (Fsp3) is 0.200. The van der Waals surface area contributed by atoms with Crippen LogP contribution in [0.4, 0.5) is 0 Å². The van der Waals surface area contributed by atoms with E-state index in [-0.39, 0.29) is 35.0 Å². The van der Waals surface area contributed by atoms with Crippen LogP contribution in [0.15, 0.2) is 60.7 Å². The Balaban J connectivity index is 1.77. The van der Waals surface area contributed by atoms with Gasteiger partial charge in [-0.3, -0.25) is 9.59 Å². The smallest absolute Gasteiger partial charge is 0.231 e. The average Bonchev–Trinajstić information content (AvgIpc) is 3.30. The van der Waals surface area contributed by atoms with Gasteiger partial charge in [0.2, 0.25) is 6.79 Å². The van der Waals surface area contributed by atoms with Crippen molar-refractivity contribution in [1.29, 1.82) is 0 Å². The van der Waals surface area contributed by atoms with E-state index in [0.717, 1.165) is 6.42 Å². The molecule has 0 bridgehead atoms. The molecule has 0 saturated heterocycles. The molecule has 3 aromatic carbocycles. The maximum absolute atomic E-state index is 13.5. The molecule has 0 amide bonds. The Bertz CT molecular complexity index is 1150. The van der Waals surface area contributed by atoms with Gasteiger partial charge in [0, 0.05) is 16.7 Å². The zero-order valence-electron chi connectivity index (χ0n) is 17.5. The zero-order valence-corrected chi connectivity index (χ0v) is 17.5. The Hall–Kier alpha value is -3.84. The molecule has 1 aliphatic rings. The van der Waals surface area contributed by atoms with Crippen LogP contribution in [0.3, 0.4) is 0 Å². The third-order valence-electron chi connectivity index (χ3n) is 4.94. The molecule has 0 unspecified atom stereocenters. The maximum atomic E-state index is 13.5. The van der Waals surface area contributed by atoms with Crippen LogP contribution in [-0.4, -0.2) is 36.9 Å². The van der Waals surface area contributed by atoms with Crippen molar-refractivity contribution in [3.63, 3.8) is 0 Å². The fourth-order valence-corrected chi connectivity index (χ4v) is 3.41. The topological polar surface area (TPSA) is 91.3 Å². The molecule has 0 atom stereocenters. The number of aliphatic hydroxyl groups excluding tert-OH is 1. The first-order valence-electron chi connectivity index (χ1n) is 10.2. The van der Waals surface area contributed by atoms with E-state index in [1.165, 1.54) is 0 Å². The third kappa shape index (κ3) is 4.29. The summed E-state index contributed by atoms with van der Waals surface area (Å²) < 4.78 is 21.6. The first kappa shape index (κ1) is 21.4. The van der Waals surface area contributed by atoms with Crippen LogP contribution in [0.1, 0.15) is 45.2 Å². The van der Waals surface area contributed by atoms with Gasteiger partial charge in [0.15, 0.2) is 29.9 Å². The molecule has 0 fully saturated rings. The minimum absolute atomic E-state index is 0.0990. The highest BCUT2D eigenvalue weighted by atomic mass is 16.7. The Morgan fingerprint density at radius 3 is 2.50 bits per heavy atom. The number of ketones is 2. The summed E-state index contributed by atoms with van der Waals surface area (Å²) in [6.45, 7) is 1.98. The minimum atomic E-state index is -0.576. The summed E-state index contributed by atoms with van der Waals surface area (Å²) in [5.74, 6) is 0.998. The lowest BCUT2D eigenvalue weighted by molar-refractivity contribution is 0.0930. The second-order valence-electron chi connectivity index (χ2n) is 7.05. The molecule has 0 radical (unpaired) electrons. The zero-order chi connectivity index (χ0) is 22.5. The lowest BCUT2D eigenvalue weighted by Gasteiger charge is -2.14. The predicted molar refractivity (Wildman–Crippen MR) is 116 cm³/mol. The van der Waals surface area contributed by atoms with Crippen LogP contribution in [0.5, 0.6) is 23.0 Å². The van der Waals surface area contributed by atoms with Gasteiger partial charge in [-0.15, -0.1) is 0 Å². The Kier molecular flexibility index (Phi) is 6.37. The van der Waals surface area contributed by atoms with Crippen molar-refractivity contribution >= 4 is 11.6 Å². The summed E-state index contributed by atoms with van der Waals surface area (Å²) in [6.07, 6.45) is 0.800. The van der Waals surface area contributed by atoms with E-state index in [2.05, 4.69) is 0 Å². The Morgan fingerprint density at radius 1 is 0.875 bits per heavy atom. The fourth-order valence-electron chi connectivity index (χ4n) is 3.41. The van der Waals surface area contributed by atoms with Gasteiger partial charge in [-0.1, -0.05) is 19.1 Å². The molecular formula is C25H22O7. The van der Waals surface area contributed by atoms with E-state index < -0.39 is 12.6 Å². The Morgan fingerprint density at radius 2 is 1.69 bits per heavy atom. The summed E-state index contributed by atoms with van der Waals surface area (Å²) >= 11 is 0. The molecule has 3 aromatic rings. The SMILES string of the molecule is CCCOc1ccc(C(=O)c2ccc3c(c2)OCO3)c(C(=O)c2ccccc2OCO)c1. The highest BCUT2D eigenvalue weighted by molar-refractivity contribution is 6.20. The van der Waals surface area contributed by atoms with Crippen molar-refractivity contribution in [3.05, 3.63) is 82.9 Å². The van der Waals surface area contributed by atoms with E-state index in [9.17, 15) is 14.7 Å². The largest absolute Gasteiger partial charge is 0.494 e. The number of hydrogen-bond acceptors (Lipinski definition) is 7. The number of hydrogen-bond donors (Lipinski definition) is 1. The minimum Gasteiger partial charge on any atom is -0.494 e. The van der Waals surface area contributed by atoms with Gasteiger partial charge >= 0.3 is 0 Å². The van der Waals surface area contributed by atoms with Gasteiger partial charge < -0.3 is 24.1 Å². The molecule has 1 heterocycles. The van der Waals surface area contributed by atoms with Crippen LogP contribution in [-0.2, 0) is 0 Å². The first-order valence-corrected chi connectivity index (χ1v) is 10.2. The molecule has 0 aliphatic carbocycles. The van der Waals surface area contributed by atoms with Crippen LogP contribution in [0.2, 0.25) is 0 Å².